The van der Waals surface area contributed by atoms with E-state index in [1.165, 1.54) is 0 Å². The molecule has 0 spiro atoms. The predicted octanol–water partition coefficient (Wildman–Crippen LogP) is 3.96. The van der Waals surface area contributed by atoms with Crippen molar-refractivity contribution >= 4 is 31.6 Å². The van der Waals surface area contributed by atoms with Crippen LogP contribution in [0.1, 0.15) is 37.6 Å². The lowest BCUT2D eigenvalue weighted by atomic mass is 10.1. The van der Waals surface area contributed by atoms with E-state index >= 15 is 0 Å². The van der Waals surface area contributed by atoms with E-state index < -0.39 is 26.0 Å². The molecule has 0 aromatic heterocycles. The van der Waals surface area contributed by atoms with Crippen LogP contribution >= 0.6 is 11.6 Å². The van der Waals surface area contributed by atoms with Gasteiger partial charge in [0.05, 0.1) is 0 Å². The number of carbonyl (C=O) groups excluding carboxylic acids is 1. The molecule has 1 atom stereocenters. The normalized spacial score (nSPS) is 12.8. The van der Waals surface area contributed by atoms with Crippen molar-refractivity contribution in [2.75, 3.05) is 0 Å². The lowest BCUT2D eigenvalue weighted by Gasteiger charge is -2.31. The average molecular weight is 366 g/mol. The molecule has 1 aromatic carbocycles. The smallest absolute Gasteiger partial charge is 0.327 e. The quantitative estimate of drug-likeness (QED) is 0.626. The first-order valence-corrected chi connectivity index (χ1v) is 11.1. The Balaban J connectivity index is 2.81. The highest BCUT2D eigenvalue weighted by Gasteiger charge is 2.33. The van der Waals surface area contributed by atoms with E-state index in [4.69, 9.17) is 11.6 Å². The van der Waals surface area contributed by atoms with Gasteiger partial charge in [-0.25, -0.2) is 4.79 Å². The summed E-state index contributed by atoms with van der Waals surface area (Å²) in [6.07, 6.45) is 0.0845. The largest absolute Gasteiger partial charge is 0.480 e. The maximum absolute atomic E-state index is 12.1. The van der Waals surface area contributed by atoms with Gasteiger partial charge in [-0.05, 0) is 29.3 Å². The van der Waals surface area contributed by atoms with Gasteiger partial charge in [-0.1, -0.05) is 45.5 Å². The molecule has 0 unspecified atom stereocenters. The number of carboxylic acid groups (broad SMARTS) is 1. The van der Waals surface area contributed by atoms with Crippen molar-refractivity contribution < 1.29 is 14.7 Å². The van der Waals surface area contributed by atoms with Crippen molar-refractivity contribution in [3.63, 3.8) is 0 Å². The summed E-state index contributed by atoms with van der Waals surface area (Å²) in [6, 6.07) is 5.24. The lowest BCUT2D eigenvalue weighted by molar-refractivity contribution is -0.139. The molecule has 0 fully saturated rings. The molecule has 0 aliphatic rings. The zero-order valence-electron chi connectivity index (χ0n) is 14.7. The van der Waals surface area contributed by atoms with Crippen LogP contribution in [0.15, 0.2) is 24.3 Å². The Morgan fingerprint density at radius 1 is 1.25 bits per heavy atom. The molecule has 0 saturated carbocycles. The first-order chi connectivity index (χ1) is 10.9. The third kappa shape index (κ3) is 5.70. The fraction of sp³-hybridized carbons (Fsp3) is 0.444. The van der Waals surface area contributed by atoms with E-state index in [1.54, 1.807) is 24.3 Å². The molecule has 2 N–H and O–H groups in total. The summed E-state index contributed by atoms with van der Waals surface area (Å²) >= 11 is 5.78. The number of carboxylic acids is 1. The molecule has 130 valence electrons. The maximum Gasteiger partial charge on any atom is 0.327 e. The van der Waals surface area contributed by atoms with Gasteiger partial charge >= 0.3 is 5.97 Å². The van der Waals surface area contributed by atoms with Gasteiger partial charge < -0.3 is 10.4 Å². The van der Waals surface area contributed by atoms with E-state index in [1.807, 2.05) is 0 Å². The van der Waals surface area contributed by atoms with Crippen LogP contribution in [-0.4, -0.2) is 31.1 Å². The molecule has 0 heterocycles. The summed E-state index contributed by atoms with van der Waals surface area (Å²) in [7, 11) is -1.80. The minimum absolute atomic E-state index is 0.0845. The number of hydrogen-bond donors (Lipinski definition) is 2. The number of aliphatic carboxylic acids is 1. The molecule has 0 aliphatic carbocycles. The van der Waals surface area contributed by atoms with Gasteiger partial charge in [-0.3, -0.25) is 4.79 Å². The van der Waals surface area contributed by atoms with Gasteiger partial charge in [0.2, 0.25) is 0 Å². The van der Waals surface area contributed by atoms with Crippen LogP contribution in [0.5, 0.6) is 0 Å². The third-order valence-corrected chi connectivity index (χ3v) is 9.10. The van der Waals surface area contributed by atoms with Crippen molar-refractivity contribution in [1.82, 2.24) is 5.32 Å². The van der Waals surface area contributed by atoms with E-state index in [-0.39, 0.29) is 11.5 Å². The van der Waals surface area contributed by atoms with E-state index in [2.05, 4.69) is 50.6 Å². The number of carbonyl (C=O) groups is 2. The maximum atomic E-state index is 12.1. The lowest BCUT2D eigenvalue weighted by Crippen LogP contribution is -2.41. The first-order valence-electron chi connectivity index (χ1n) is 7.73. The Labute approximate surface area is 149 Å². The summed E-state index contributed by atoms with van der Waals surface area (Å²) in [4.78, 5) is 23.5. The second kappa shape index (κ2) is 7.87. The number of amides is 1. The Morgan fingerprint density at radius 3 is 2.25 bits per heavy atom. The number of benzene rings is 1. The fourth-order valence-corrected chi connectivity index (χ4v) is 2.65. The molecular weight excluding hydrogens is 342 g/mol. The van der Waals surface area contributed by atoms with Crippen LogP contribution in [-0.2, 0) is 4.79 Å². The topological polar surface area (TPSA) is 66.4 Å². The molecule has 0 radical (unpaired) electrons. The standard InChI is InChI=1S/C18H24ClNO3Si/c1-18(2,3)24(4,5)12-6-7-15(17(22)23)20-16(21)13-8-10-14(19)11-9-13/h8-11,15H,7H2,1-5H3,(H,20,21)(H,22,23)/t15-/m0/s1. The summed E-state index contributed by atoms with van der Waals surface area (Å²) < 4.78 is 0. The van der Waals surface area contributed by atoms with Gasteiger partial charge in [0.1, 0.15) is 14.1 Å². The average Bonchev–Trinajstić information content (AvgIpc) is 2.45. The Bertz CT molecular complexity index is 666. The summed E-state index contributed by atoms with van der Waals surface area (Å²) in [6.45, 7) is 10.7. The molecule has 1 amide bonds. The monoisotopic (exact) mass is 365 g/mol. The molecule has 1 rings (SSSR count). The van der Waals surface area contributed by atoms with Crippen molar-refractivity contribution in [2.24, 2.45) is 0 Å². The van der Waals surface area contributed by atoms with E-state index in [0.717, 1.165) is 0 Å². The molecule has 4 nitrogen and oxygen atoms in total. The van der Waals surface area contributed by atoms with Crippen LogP contribution in [0.25, 0.3) is 0 Å². The number of nitrogens with one attached hydrogen (secondary N) is 1. The van der Waals surface area contributed by atoms with Crippen LogP contribution < -0.4 is 5.32 Å². The highest BCUT2D eigenvalue weighted by atomic mass is 35.5. The predicted molar refractivity (Wildman–Crippen MR) is 99.9 cm³/mol. The van der Waals surface area contributed by atoms with Crippen molar-refractivity contribution in [2.45, 2.75) is 51.4 Å². The Morgan fingerprint density at radius 2 is 1.79 bits per heavy atom. The Kier molecular flexibility index (Phi) is 6.64. The van der Waals surface area contributed by atoms with Crippen LogP contribution in [0.3, 0.4) is 0 Å². The molecule has 0 saturated heterocycles. The van der Waals surface area contributed by atoms with Gasteiger partial charge in [0, 0.05) is 17.0 Å². The minimum atomic E-state index is -1.80. The van der Waals surface area contributed by atoms with Gasteiger partial charge in [0.15, 0.2) is 0 Å². The number of hydrogen-bond acceptors (Lipinski definition) is 2. The number of halogens is 1. The molecule has 24 heavy (non-hydrogen) atoms. The van der Waals surface area contributed by atoms with Crippen LogP contribution in [0.2, 0.25) is 23.2 Å². The molecule has 6 heteroatoms. The second-order valence-corrected chi connectivity index (χ2v) is 12.7. The van der Waals surface area contributed by atoms with Crippen molar-refractivity contribution in [3.05, 3.63) is 34.9 Å². The Hall–Kier alpha value is -1.77. The minimum Gasteiger partial charge on any atom is -0.480 e. The summed E-state index contributed by atoms with van der Waals surface area (Å²) in [5.41, 5.74) is 3.63. The van der Waals surface area contributed by atoms with E-state index in [9.17, 15) is 14.7 Å². The molecule has 1 aromatic rings. The summed E-state index contributed by atoms with van der Waals surface area (Å²) in [5, 5.41) is 12.4. The second-order valence-electron chi connectivity index (χ2n) is 7.25. The van der Waals surface area contributed by atoms with Crippen molar-refractivity contribution in [1.29, 1.82) is 0 Å². The molecule has 0 aliphatic heterocycles. The highest BCUT2D eigenvalue weighted by Crippen LogP contribution is 2.35. The van der Waals surface area contributed by atoms with Crippen LogP contribution in [0.4, 0.5) is 0 Å². The molecular formula is C18H24ClNO3Si. The number of rotatable bonds is 4. The van der Waals surface area contributed by atoms with Crippen molar-refractivity contribution in [3.8, 4) is 11.5 Å². The zero-order valence-corrected chi connectivity index (χ0v) is 16.5. The van der Waals surface area contributed by atoms with Gasteiger partial charge in [-0.2, -0.15) is 0 Å². The first kappa shape index (κ1) is 20.3. The van der Waals surface area contributed by atoms with Gasteiger partial charge in [-0.15, -0.1) is 11.5 Å². The SMILES string of the molecule is CC(C)(C)[Si](C)(C)C#CC[C@H](NC(=O)c1ccc(Cl)cc1)C(=O)O. The van der Waals surface area contributed by atoms with E-state index in [0.29, 0.717) is 10.6 Å². The van der Waals surface area contributed by atoms with Gasteiger partial charge in [0.25, 0.3) is 5.91 Å². The summed E-state index contributed by atoms with van der Waals surface area (Å²) in [5.74, 6) is 1.43. The zero-order chi connectivity index (χ0) is 18.5. The third-order valence-electron chi connectivity index (χ3n) is 4.29. The fourth-order valence-electron chi connectivity index (χ4n) is 1.60. The van der Waals surface area contributed by atoms with Crippen LogP contribution in [0, 0.1) is 11.5 Å². The highest BCUT2D eigenvalue weighted by molar-refractivity contribution is 6.87. The molecule has 0 bridgehead atoms.